The van der Waals surface area contributed by atoms with Gasteiger partial charge in [-0.15, -0.1) is 0 Å². The number of halogens is 2. The van der Waals surface area contributed by atoms with E-state index in [1.807, 2.05) is 0 Å². The van der Waals surface area contributed by atoms with Gasteiger partial charge in [-0.3, -0.25) is 0 Å². The molecule has 0 heterocycles. The molecule has 88 valence electrons. The second-order valence-electron chi connectivity index (χ2n) is 3.10. The number of rotatable bonds is 4. The van der Waals surface area contributed by atoms with Gasteiger partial charge in [-0.25, -0.2) is 4.79 Å². The van der Waals surface area contributed by atoms with E-state index in [0.29, 0.717) is 11.3 Å². The average Bonchev–Trinajstić information content (AvgIpc) is 2.28. The first-order valence-corrected chi connectivity index (χ1v) is 5.08. The number of carboxylic acids is 1. The Morgan fingerprint density at radius 2 is 1.88 bits per heavy atom. The third-order valence-electron chi connectivity index (χ3n) is 2.06. The van der Waals surface area contributed by atoms with Gasteiger partial charge >= 0.3 is 5.97 Å². The third kappa shape index (κ3) is 2.58. The number of aliphatic hydroxyl groups excluding tert-OH is 1. The smallest absolute Gasteiger partial charge is 0.343 e. The summed E-state index contributed by atoms with van der Waals surface area (Å²) in [4.78, 5) is 10.7. The Hall–Kier alpha value is -0.970. The minimum absolute atomic E-state index is 0.299. The molecule has 4 nitrogen and oxygen atoms in total. The van der Waals surface area contributed by atoms with Crippen molar-refractivity contribution in [2.75, 3.05) is 7.11 Å². The van der Waals surface area contributed by atoms with Gasteiger partial charge in [0.1, 0.15) is 11.9 Å². The number of carboxylic acid groups (broad SMARTS) is 1. The molecule has 1 aromatic rings. The van der Waals surface area contributed by atoms with E-state index in [2.05, 4.69) is 0 Å². The standard InChI is InChI=1S/C10H10Cl2O4/c1-16-7-4-2-6(3-5-7)8(13)10(11,12)9(14)15/h2-5,8,13H,1H3,(H,14,15). The lowest BCUT2D eigenvalue weighted by atomic mass is 10.1. The van der Waals surface area contributed by atoms with Gasteiger partial charge in [-0.2, -0.15) is 0 Å². The quantitative estimate of drug-likeness (QED) is 0.817. The van der Waals surface area contributed by atoms with E-state index >= 15 is 0 Å². The van der Waals surface area contributed by atoms with Gasteiger partial charge < -0.3 is 14.9 Å². The lowest BCUT2D eigenvalue weighted by Crippen LogP contribution is -2.33. The molecule has 1 unspecified atom stereocenters. The molecule has 1 atom stereocenters. The summed E-state index contributed by atoms with van der Waals surface area (Å²) >= 11 is 11.0. The molecule has 1 rings (SSSR count). The van der Waals surface area contributed by atoms with Crippen LogP contribution in [0.1, 0.15) is 11.7 Å². The summed E-state index contributed by atoms with van der Waals surface area (Å²) in [5, 5.41) is 18.4. The Morgan fingerprint density at radius 1 is 1.38 bits per heavy atom. The monoisotopic (exact) mass is 264 g/mol. The second kappa shape index (κ2) is 4.91. The van der Waals surface area contributed by atoms with Crippen molar-refractivity contribution in [2.45, 2.75) is 10.4 Å². The van der Waals surface area contributed by atoms with Gasteiger partial charge in [0.15, 0.2) is 0 Å². The molecular weight excluding hydrogens is 255 g/mol. The van der Waals surface area contributed by atoms with E-state index in [4.69, 9.17) is 33.0 Å². The molecule has 0 amide bonds. The molecule has 0 fully saturated rings. The highest BCUT2D eigenvalue weighted by Crippen LogP contribution is 2.36. The first-order chi connectivity index (χ1) is 7.39. The van der Waals surface area contributed by atoms with E-state index in [1.54, 1.807) is 12.1 Å². The molecule has 6 heteroatoms. The first-order valence-electron chi connectivity index (χ1n) is 4.32. The van der Waals surface area contributed by atoms with Crippen molar-refractivity contribution in [3.63, 3.8) is 0 Å². The van der Waals surface area contributed by atoms with Crippen LogP contribution in [0.15, 0.2) is 24.3 Å². The zero-order chi connectivity index (χ0) is 12.3. The van der Waals surface area contributed by atoms with Crippen LogP contribution in [-0.4, -0.2) is 27.6 Å². The number of aliphatic hydroxyl groups is 1. The lowest BCUT2D eigenvalue weighted by Gasteiger charge is -2.21. The topological polar surface area (TPSA) is 66.8 Å². The lowest BCUT2D eigenvalue weighted by molar-refractivity contribution is -0.140. The van der Waals surface area contributed by atoms with Crippen LogP contribution in [0.5, 0.6) is 5.75 Å². The Morgan fingerprint density at radius 3 is 2.25 bits per heavy atom. The van der Waals surface area contributed by atoms with Gasteiger partial charge in [-0.05, 0) is 17.7 Å². The number of aliphatic carboxylic acids is 1. The van der Waals surface area contributed by atoms with Gasteiger partial charge in [0.2, 0.25) is 4.33 Å². The van der Waals surface area contributed by atoms with Crippen LogP contribution in [0.2, 0.25) is 0 Å². The maximum Gasteiger partial charge on any atom is 0.343 e. The Labute approximate surface area is 102 Å². The third-order valence-corrected chi connectivity index (χ3v) is 2.80. The zero-order valence-corrected chi connectivity index (χ0v) is 9.87. The summed E-state index contributed by atoms with van der Waals surface area (Å²) in [6.07, 6.45) is -1.51. The van der Waals surface area contributed by atoms with Crippen LogP contribution in [0.3, 0.4) is 0 Å². The number of methoxy groups -OCH3 is 1. The number of carbonyl (C=O) groups is 1. The first kappa shape index (κ1) is 13.1. The van der Waals surface area contributed by atoms with E-state index < -0.39 is 16.4 Å². The van der Waals surface area contributed by atoms with Crippen LogP contribution < -0.4 is 4.74 Å². The number of hydrogen-bond donors (Lipinski definition) is 2. The van der Waals surface area contributed by atoms with Crippen molar-refractivity contribution in [1.82, 2.24) is 0 Å². The van der Waals surface area contributed by atoms with Crippen molar-refractivity contribution in [3.05, 3.63) is 29.8 Å². The molecule has 0 aliphatic carbocycles. The van der Waals surface area contributed by atoms with Crippen LogP contribution in [-0.2, 0) is 4.79 Å². The van der Waals surface area contributed by atoms with Crippen LogP contribution in [0, 0.1) is 0 Å². The summed E-state index contributed by atoms with van der Waals surface area (Å²) in [5.74, 6) is -0.917. The van der Waals surface area contributed by atoms with E-state index in [0.717, 1.165) is 0 Å². The Kier molecular flexibility index (Phi) is 4.02. The van der Waals surface area contributed by atoms with Gasteiger partial charge in [0.05, 0.1) is 7.11 Å². The SMILES string of the molecule is COc1ccc(C(O)C(Cl)(Cl)C(=O)O)cc1. The van der Waals surface area contributed by atoms with Crippen molar-refractivity contribution in [2.24, 2.45) is 0 Å². The van der Waals surface area contributed by atoms with Gasteiger partial charge in [0, 0.05) is 0 Å². The van der Waals surface area contributed by atoms with E-state index in [-0.39, 0.29) is 0 Å². The minimum Gasteiger partial charge on any atom is -0.497 e. The largest absolute Gasteiger partial charge is 0.497 e. The fraction of sp³-hybridized carbons (Fsp3) is 0.300. The molecule has 2 N–H and O–H groups in total. The molecule has 0 aliphatic rings. The molecule has 16 heavy (non-hydrogen) atoms. The fourth-order valence-corrected chi connectivity index (χ4v) is 1.36. The number of benzene rings is 1. The summed E-state index contributed by atoms with van der Waals surface area (Å²) in [7, 11) is 1.50. The predicted molar refractivity (Wildman–Crippen MR) is 60.0 cm³/mol. The van der Waals surface area contributed by atoms with Crippen molar-refractivity contribution < 1.29 is 19.7 Å². The van der Waals surface area contributed by atoms with E-state index in [9.17, 15) is 9.90 Å². The molecule has 1 aromatic carbocycles. The van der Waals surface area contributed by atoms with Crippen molar-refractivity contribution in [1.29, 1.82) is 0 Å². The second-order valence-corrected chi connectivity index (χ2v) is 4.49. The molecule has 0 saturated heterocycles. The van der Waals surface area contributed by atoms with Crippen molar-refractivity contribution in [3.8, 4) is 5.75 Å². The molecule has 0 saturated carbocycles. The summed E-state index contributed by atoms with van der Waals surface area (Å²) in [6.45, 7) is 0. The molecule has 0 bridgehead atoms. The summed E-state index contributed by atoms with van der Waals surface area (Å²) in [6, 6.07) is 6.13. The molecule has 0 aromatic heterocycles. The zero-order valence-electron chi connectivity index (χ0n) is 8.35. The average molecular weight is 265 g/mol. The predicted octanol–water partition coefficient (Wildman–Crippen LogP) is 1.99. The maximum absolute atomic E-state index is 10.7. The number of alkyl halides is 2. The summed E-state index contributed by atoms with van der Waals surface area (Å²) < 4.78 is 2.65. The number of ether oxygens (including phenoxy) is 1. The van der Waals surface area contributed by atoms with Crippen molar-refractivity contribution >= 4 is 29.2 Å². The fourth-order valence-electron chi connectivity index (χ4n) is 1.11. The van der Waals surface area contributed by atoms with Gasteiger partial charge in [0.25, 0.3) is 0 Å². The van der Waals surface area contributed by atoms with Crippen LogP contribution >= 0.6 is 23.2 Å². The highest BCUT2D eigenvalue weighted by molar-refractivity contribution is 6.57. The van der Waals surface area contributed by atoms with Crippen LogP contribution in [0.25, 0.3) is 0 Å². The summed E-state index contributed by atoms with van der Waals surface area (Å²) in [5.41, 5.74) is 0.299. The molecule has 0 radical (unpaired) electrons. The highest BCUT2D eigenvalue weighted by atomic mass is 35.5. The van der Waals surface area contributed by atoms with E-state index in [1.165, 1.54) is 19.2 Å². The molecule has 0 aliphatic heterocycles. The Bertz CT molecular complexity index is 375. The molecular formula is C10H10Cl2O4. The minimum atomic E-state index is -2.27. The number of hydrogen-bond acceptors (Lipinski definition) is 3. The normalized spacial score (nSPS) is 13.2. The van der Waals surface area contributed by atoms with Gasteiger partial charge in [-0.1, -0.05) is 35.3 Å². The highest BCUT2D eigenvalue weighted by Gasteiger charge is 2.42. The Balaban J connectivity index is 2.96. The van der Waals surface area contributed by atoms with Crippen LogP contribution in [0.4, 0.5) is 0 Å². The molecule has 0 spiro atoms. The maximum atomic E-state index is 10.7.